The fourth-order valence-electron chi connectivity index (χ4n) is 1.70. The van der Waals surface area contributed by atoms with Crippen molar-refractivity contribution in [2.24, 2.45) is 0 Å². The molecule has 1 saturated heterocycles. The number of halogens is 1. The molecule has 1 aliphatic heterocycles. The van der Waals surface area contributed by atoms with Gasteiger partial charge in [-0.05, 0) is 26.7 Å². The molecule has 0 radical (unpaired) electrons. The van der Waals surface area contributed by atoms with Crippen molar-refractivity contribution in [1.29, 1.82) is 0 Å². The molecule has 0 bridgehead atoms. The Balaban J connectivity index is 2.60. The van der Waals surface area contributed by atoms with Crippen molar-refractivity contribution in [3.05, 3.63) is 0 Å². The third kappa shape index (κ3) is 3.19. The summed E-state index contributed by atoms with van der Waals surface area (Å²) in [5.41, 5.74) is 0. The van der Waals surface area contributed by atoms with Crippen molar-refractivity contribution in [1.82, 2.24) is 4.90 Å². The summed E-state index contributed by atoms with van der Waals surface area (Å²) in [4.78, 5) is 24.7. The Labute approximate surface area is 98.1 Å². The Morgan fingerprint density at radius 1 is 1.53 bits per heavy atom. The maximum absolute atomic E-state index is 11.7. The van der Waals surface area contributed by atoms with Gasteiger partial charge < -0.3 is 9.64 Å². The van der Waals surface area contributed by atoms with Crippen molar-refractivity contribution in [3.8, 4) is 0 Å². The van der Waals surface area contributed by atoms with E-state index < -0.39 is 0 Å². The zero-order valence-electron chi connectivity index (χ0n) is 9.03. The summed E-state index contributed by atoms with van der Waals surface area (Å²) in [6.07, 6.45) is 1.46. The van der Waals surface area contributed by atoms with Crippen molar-refractivity contribution in [2.45, 2.75) is 38.8 Å². The lowest BCUT2D eigenvalue weighted by molar-refractivity contribution is -0.156. The predicted octanol–water partition coefficient (Wildman–Crippen LogP) is 1.32. The van der Waals surface area contributed by atoms with Crippen molar-refractivity contribution >= 4 is 27.8 Å². The zero-order valence-corrected chi connectivity index (χ0v) is 10.6. The molecule has 15 heavy (non-hydrogen) atoms. The highest BCUT2D eigenvalue weighted by Crippen LogP contribution is 2.19. The smallest absolute Gasteiger partial charge is 0.329 e. The monoisotopic (exact) mass is 277 g/mol. The number of nitrogens with zero attached hydrogens (tertiary/aromatic N) is 1. The first-order valence-corrected chi connectivity index (χ1v) is 6.24. The van der Waals surface area contributed by atoms with Crippen LogP contribution in [0.5, 0.6) is 0 Å². The van der Waals surface area contributed by atoms with Crippen LogP contribution in [0.15, 0.2) is 0 Å². The van der Waals surface area contributed by atoms with Gasteiger partial charge in [0.25, 0.3) is 0 Å². The van der Waals surface area contributed by atoms with Crippen LogP contribution in [0, 0.1) is 0 Å². The topological polar surface area (TPSA) is 46.6 Å². The number of alkyl halides is 1. The maximum Gasteiger partial charge on any atom is 0.329 e. The Morgan fingerprint density at radius 3 is 2.73 bits per heavy atom. The van der Waals surface area contributed by atoms with Gasteiger partial charge in [-0.25, -0.2) is 4.79 Å². The zero-order chi connectivity index (χ0) is 11.4. The number of carbonyl (C=O) groups is 2. The van der Waals surface area contributed by atoms with Gasteiger partial charge in [-0.3, -0.25) is 4.79 Å². The Morgan fingerprint density at radius 2 is 2.20 bits per heavy atom. The van der Waals surface area contributed by atoms with E-state index in [0.717, 1.165) is 6.42 Å². The number of likely N-dealkylation sites (tertiary alicyclic amines) is 1. The van der Waals surface area contributed by atoms with Crippen LogP contribution in [-0.2, 0) is 14.3 Å². The summed E-state index contributed by atoms with van der Waals surface area (Å²) in [5, 5.41) is 0.262. The molecule has 0 aromatic carbocycles. The number of amides is 1. The summed E-state index contributed by atoms with van der Waals surface area (Å²) in [6.45, 7) is 4.27. The molecule has 1 rings (SSSR count). The molecule has 1 atom stereocenters. The van der Waals surface area contributed by atoms with E-state index in [2.05, 4.69) is 15.9 Å². The quantitative estimate of drug-likeness (QED) is 0.578. The molecular weight excluding hydrogens is 262 g/mol. The van der Waals surface area contributed by atoms with E-state index in [9.17, 15) is 9.59 Å². The highest BCUT2D eigenvalue weighted by Gasteiger charge is 2.34. The standard InChI is InChI=1S/C10H16BrNO3/c1-7(2)15-10(14)8-4-3-5-12(8)9(13)6-11/h7-8H,3-6H2,1-2H3. The molecule has 86 valence electrons. The van der Waals surface area contributed by atoms with Gasteiger partial charge in [0.05, 0.1) is 11.4 Å². The number of rotatable bonds is 3. The molecule has 0 aromatic rings. The molecule has 1 fully saturated rings. The lowest BCUT2D eigenvalue weighted by Gasteiger charge is -2.23. The average Bonchev–Trinajstić information content (AvgIpc) is 2.63. The van der Waals surface area contributed by atoms with Crippen LogP contribution in [0.2, 0.25) is 0 Å². The van der Waals surface area contributed by atoms with Crippen LogP contribution in [0.25, 0.3) is 0 Å². The van der Waals surface area contributed by atoms with Crippen molar-refractivity contribution in [3.63, 3.8) is 0 Å². The molecule has 0 aromatic heterocycles. The molecule has 0 saturated carbocycles. The highest BCUT2D eigenvalue weighted by atomic mass is 79.9. The predicted molar refractivity (Wildman–Crippen MR) is 59.8 cm³/mol. The molecule has 5 heteroatoms. The third-order valence-electron chi connectivity index (χ3n) is 2.31. The molecule has 0 N–H and O–H groups in total. The van der Waals surface area contributed by atoms with Crippen LogP contribution in [0.4, 0.5) is 0 Å². The Hall–Kier alpha value is -0.580. The van der Waals surface area contributed by atoms with E-state index in [0.29, 0.717) is 13.0 Å². The first-order valence-electron chi connectivity index (χ1n) is 5.12. The van der Waals surface area contributed by atoms with Crippen LogP contribution < -0.4 is 0 Å². The van der Waals surface area contributed by atoms with Gasteiger partial charge in [0.2, 0.25) is 5.91 Å². The van der Waals surface area contributed by atoms with Gasteiger partial charge in [0.15, 0.2) is 0 Å². The van der Waals surface area contributed by atoms with E-state index in [1.807, 2.05) is 13.8 Å². The normalized spacial score (nSPS) is 20.8. The van der Waals surface area contributed by atoms with Gasteiger partial charge in [-0.15, -0.1) is 0 Å². The molecule has 0 spiro atoms. The molecule has 1 heterocycles. The second-order valence-electron chi connectivity index (χ2n) is 3.86. The summed E-state index contributed by atoms with van der Waals surface area (Å²) in [5.74, 6) is -0.324. The van der Waals surface area contributed by atoms with Gasteiger partial charge in [-0.2, -0.15) is 0 Å². The summed E-state index contributed by atoms with van der Waals surface area (Å²) in [7, 11) is 0. The number of esters is 1. The second-order valence-corrected chi connectivity index (χ2v) is 4.43. The van der Waals surface area contributed by atoms with Gasteiger partial charge in [0.1, 0.15) is 6.04 Å². The first-order chi connectivity index (χ1) is 7.06. The minimum Gasteiger partial charge on any atom is -0.461 e. The van der Waals surface area contributed by atoms with Crippen LogP contribution in [0.1, 0.15) is 26.7 Å². The molecule has 1 aliphatic rings. The minimum atomic E-state index is -0.377. The number of carbonyl (C=O) groups excluding carboxylic acids is 2. The summed E-state index contributed by atoms with van der Waals surface area (Å²) in [6, 6.07) is -0.377. The van der Waals surface area contributed by atoms with E-state index in [-0.39, 0.29) is 29.4 Å². The molecular formula is C10H16BrNO3. The Kier molecular flexibility index (Phi) is 4.57. The van der Waals surface area contributed by atoms with Gasteiger partial charge in [0, 0.05) is 6.54 Å². The average molecular weight is 278 g/mol. The summed E-state index contributed by atoms with van der Waals surface area (Å²) < 4.78 is 5.11. The lowest BCUT2D eigenvalue weighted by atomic mass is 10.2. The van der Waals surface area contributed by atoms with E-state index >= 15 is 0 Å². The van der Waals surface area contributed by atoms with E-state index in [4.69, 9.17) is 4.74 Å². The van der Waals surface area contributed by atoms with Crippen molar-refractivity contribution < 1.29 is 14.3 Å². The fourth-order valence-corrected chi connectivity index (χ4v) is 2.02. The maximum atomic E-state index is 11.7. The minimum absolute atomic E-state index is 0.0433. The van der Waals surface area contributed by atoms with Gasteiger partial charge >= 0.3 is 5.97 Å². The Bertz CT molecular complexity index is 255. The fraction of sp³-hybridized carbons (Fsp3) is 0.800. The second kappa shape index (κ2) is 5.49. The molecule has 0 aliphatic carbocycles. The number of hydrogen-bond donors (Lipinski definition) is 0. The number of hydrogen-bond acceptors (Lipinski definition) is 3. The van der Waals surface area contributed by atoms with Crippen molar-refractivity contribution in [2.75, 3.05) is 11.9 Å². The number of ether oxygens (including phenoxy) is 1. The van der Waals surface area contributed by atoms with Gasteiger partial charge in [-0.1, -0.05) is 15.9 Å². The molecule has 4 nitrogen and oxygen atoms in total. The largest absolute Gasteiger partial charge is 0.461 e. The highest BCUT2D eigenvalue weighted by molar-refractivity contribution is 9.09. The third-order valence-corrected chi connectivity index (χ3v) is 2.79. The van der Waals surface area contributed by atoms with Crippen LogP contribution in [-0.4, -0.2) is 40.8 Å². The van der Waals surface area contributed by atoms with Crippen LogP contribution >= 0.6 is 15.9 Å². The summed E-state index contributed by atoms with van der Waals surface area (Å²) >= 11 is 3.11. The van der Waals surface area contributed by atoms with E-state index in [1.54, 1.807) is 4.90 Å². The van der Waals surface area contributed by atoms with E-state index in [1.165, 1.54) is 0 Å². The lowest BCUT2D eigenvalue weighted by Crippen LogP contribution is -2.42. The molecule has 1 unspecified atom stereocenters. The molecule has 1 amide bonds. The first kappa shape index (κ1) is 12.5. The SMILES string of the molecule is CC(C)OC(=O)C1CCCN1C(=O)CBr. The van der Waals surface area contributed by atoms with Crippen LogP contribution in [0.3, 0.4) is 0 Å².